The first-order valence-corrected chi connectivity index (χ1v) is 13.8. The van der Waals surface area contributed by atoms with E-state index in [2.05, 4.69) is 35.7 Å². The summed E-state index contributed by atoms with van der Waals surface area (Å²) in [6, 6.07) is 17.0. The second kappa shape index (κ2) is 12.0. The third-order valence-corrected chi connectivity index (χ3v) is 7.64. The Morgan fingerprint density at radius 2 is 1.63 bits per heavy atom. The molecule has 214 valence electrons. The van der Waals surface area contributed by atoms with Gasteiger partial charge in [-0.25, -0.2) is 9.36 Å². The number of hydrogen-bond acceptors (Lipinski definition) is 9. The third kappa shape index (κ3) is 6.32. The highest BCUT2D eigenvalue weighted by Crippen LogP contribution is 2.27. The number of nitrogen functional groups attached to an aromatic ring is 1. The Hall–Kier alpha value is -4.45. The minimum absolute atomic E-state index is 0.00102. The molecule has 0 fully saturated rings. The van der Waals surface area contributed by atoms with E-state index in [0.29, 0.717) is 15.5 Å². The second-order valence-corrected chi connectivity index (χ2v) is 11.4. The standard InChI is InChI=1S/C29H32N6O5S/c1-29(2,3)20-13-11-19(12-14-20)25-31-32-27(33(25)4)41-17-21(36)23-24(30)34(15-18-9-7-6-8-10-18)28(39)35(26(23)38)16-22(37)40-5/h6-14H,15-17,30H2,1-5H3. The summed E-state index contributed by atoms with van der Waals surface area (Å²) in [4.78, 5) is 51.8. The molecule has 0 aliphatic heterocycles. The maximum atomic E-state index is 13.4. The fraction of sp³-hybridized carbons (Fsp3) is 0.310. The van der Waals surface area contributed by atoms with Crippen LogP contribution >= 0.6 is 11.8 Å². The van der Waals surface area contributed by atoms with Crippen LogP contribution in [0.3, 0.4) is 0 Å². The van der Waals surface area contributed by atoms with Crippen LogP contribution in [0.25, 0.3) is 11.4 Å². The van der Waals surface area contributed by atoms with Crippen molar-refractivity contribution >= 4 is 29.3 Å². The lowest BCUT2D eigenvalue weighted by atomic mass is 9.87. The van der Waals surface area contributed by atoms with E-state index in [-0.39, 0.29) is 29.1 Å². The van der Waals surface area contributed by atoms with Crippen LogP contribution in [0.1, 0.15) is 42.3 Å². The number of Topliss-reactive ketones (excluding diaryl/α,β-unsaturated/α-hetero) is 1. The lowest BCUT2D eigenvalue weighted by Gasteiger charge is -2.19. The number of benzene rings is 2. The highest BCUT2D eigenvalue weighted by atomic mass is 32.2. The molecule has 11 nitrogen and oxygen atoms in total. The van der Waals surface area contributed by atoms with E-state index in [4.69, 9.17) is 5.73 Å². The number of nitrogens with two attached hydrogens (primary N) is 1. The Balaban J connectivity index is 1.64. The first kappa shape index (κ1) is 29.5. The highest BCUT2D eigenvalue weighted by Gasteiger charge is 2.25. The SMILES string of the molecule is COC(=O)Cn1c(=O)c(C(=O)CSc2nnc(-c3ccc(C(C)(C)C)cc3)n2C)c(N)n(Cc2ccccc2)c1=O. The van der Waals surface area contributed by atoms with Gasteiger partial charge in [-0.05, 0) is 16.5 Å². The number of nitrogens with zero attached hydrogens (tertiary/aromatic N) is 5. The van der Waals surface area contributed by atoms with Crippen molar-refractivity contribution in [1.82, 2.24) is 23.9 Å². The molecule has 0 saturated heterocycles. The Morgan fingerprint density at radius 1 is 0.976 bits per heavy atom. The van der Waals surface area contributed by atoms with Gasteiger partial charge in [0.25, 0.3) is 5.56 Å². The smallest absolute Gasteiger partial charge is 0.333 e. The zero-order valence-corrected chi connectivity index (χ0v) is 24.4. The van der Waals surface area contributed by atoms with Gasteiger partial charge in [-0.3, -0.25) is 19.0 Å². The second-order valence-electron chi connectivity index (χ2n) is 10.5. The lowest BCUT2D eigenvalue weighted by molar-refractivity contribution is -0.141. The van der Waals surface area contributed by atoms with Gasteiger partial charge in [-0.1, -0.05) is 87.1 Å². The van der Waals surface area contributed by atoms with Crippen molar-refractivity contribution < 1.29 is 14.3 Å². The maximum absolute atomic E-state index is 13.4. The predicted octanol–water partition coefficient (Wildman–Crippen LogP) is 2.88. The van der Waals surface area contributed by atoms with Gasteiger partial charge < -0.3 is 15.0 Å². The molecule has 0 bridgehead atoms. The Morgan fingerprint density at radius 3 is 2.24 bits per heavy atom. The Kier molecular flexibility index (Phi) is 8.62. The van der Waals surface area contributed by atoms with E-state index in [1.807, 2.05) is 30.3 Å². The van der Waals surface area contributed by atoms with Crippen molar-refractivity contribution in [1.29, 1.82) is 0 Å². The number of carbonyl (C=O) groups excluding carboxylic acids is 2. The highest BCUT2D eigenvalue weighted by molar-refractivity contribution is 7.99. The summed E-state index contributed by atoms with van der Waals surface area (Å²) in [6.45, 7) is 5.76. The number of esters is 1. The molecule has 0 saturated carbocycles. The molecule has 2 aromatic heterocycles. The summed E-state index contributed by atoms with van der Waals surface area (Å²) in [6.07, 6.45) is 0. The van der Waals surface area contributed by atoms with Crippen LogP contribution in [-0.2, 0) is 35.1 Å². The molecule has 0 aliphatic carbocycles. The quantitative estimate of drug-likeness (QED) is 0.181. The van der Waals surface area contributed by atoms with Crippen LogP contribution < -0.4 is 17.0 Å². The van der Waals surface area contributed by atoms with Crippen molar-refractivity contribution in [3.63, 3.8) is 0 Å². The molecule has 12 heteroatoms. The number of anilines is 1. The number of hydrogen-bond donors (Lipinski definition) is 1. The molecule has 4 aromatic rings. The molecule has 41 heavy (non-hydrogen) atoms. The van der Waals surface area contributed by atoms with Gasteiger partial charge >= 0.3 is 11.7 Å². The van der Waals surface area contributed by atoms with Crippen LogP contribution in [0.2, 0.25) is 0 Å². The van der Waals surface area contributed by atoms with Crippen LogP contribution in [0.5, 0.6) is 0 Å². The lowest BCUT2D eigenvalue weighted by Crippen LogP contribution is -2.45. The van der Waals surface area contributed by atoms with Crippen LogP contribution in [-0.4, -0.2) is 48.5 Å². The minimum Gasteiger partial charge on any atom is -0.468 e. The normalized spacial score (nSPS) is 11.4. The van der Waals surface area contributed by atoms with Crippen molar-refractivity contribution in [3.8, 4) is 11.4 Å². The fourth-order valence-electron chi connectivity index (χ4n) is 4.24. The average molecular weight is 577 g/mol. The molecule has 2 N–H and O–H groups in total. The molecule has 0 unspecified atom stereocenters. The van der Waals surface area contributed by atoms with E-state index >= 15 is 0 Å². The molecule has 0 amide bonds. The number of rotatable bonds is 9. The first-order valence-electron chi connectivity index (χ1n) is 12.8. The van der Waals surface area contributed by atoms with Gasteiger partial charge in [-0.2, -0.15) is 0 Å². The first-order chi connectivity index (χ1) is 19.4. The summed E-state index contributed by atoms with van der Waals surface area (Å²) < 4.78 is 8.19. The number of aromatic nitrogens is 5. The monoisotopic (exact) mass is 576 g/mol. The molecule has 0 spiro atoms. The molecule has 4 rings (SSSR count). The predicted molar refractivity (Wildman–Crippen MR) is 157 cm³/mol. The Bertz CT molecular complexity index is 1700. The molecule has 2 aromatic carbocycles. The van der Waals surface area contributed by atoms with Crippen LogP contribution in [0, 0.1) is 0 Å². The van der Waals surface area contributed by atoms with Gasteiger partial charge in [0.2, 0.25) is 0 Å². The average Bonchev–Trinajstić information content (AvgIpc) is 3.32. The van der Waals surface area contributed by atoms with E-state index in [1.165, 1.54) is 5.56 Å². The largest absolute Gasteiger partial charge is 0.468 e. The van der Waals surface area contributed by atoms with Crippen LogP contribution in [0.4, 0.5) is 5.82 Å². The topological polar surface area (TPSA) is 144 Å². The third-order valence-electron chi connectivity index (χ3n) is 6.62. The summed E-state index contributed by atoms with van der Waals surface area (Å²) in [7, 11) is 2.93. The molecule has 2 heterocycles. The van der Waals surface area contributed by atoms with Gasteiger partial charge in [0.15, 0.2) is 16.8 Å². The van der Waals surface area contributed by atoms with Gasteiger partial charge in [-0.15, -0.1) is 10.2 Å². The molecule has 0 atom stereocenters. The van der Waals surface area contributed by atoms with Gasteiger partial charge in [0.05, 0.1) is 19.4 Å². The van der Waals surface area contributed by atoms with Gasteiger partial charge in [0, 0.05) is 12.6 Å². The van der Waals surface area contributed by atoms with Crippen molar-refractivity contribution in [2.24, 2.45) is 7.05 Å². The number of carbonyl (C=O) groups is 2. The summed E-state index contributed by atoms with van der Waals surface area (Å²) >= 11 is 1.09. The van der Waals surface area contributed by atoms with Crippen molar-refractivity contribution in [3.05, 3.63) is 92.1 Å². The summed E-state index contributed by atoms with van der Waals surface area (Å²) in [5.74, 6) is -1.27. The maximum Gasteiger partial charge on any atom is 0.333 e. The number of methoxy groups -OCH3 is 1. The zero-order valence-electron chi connectivity index (χ0n) is 23.6. The van der Waals surface area contributed by atoms with Crippen molar-refractivity contribution in [2.75, 3.05) is 18.6 Å². The van der Waals surface area contributed by atoms with E-state index in [9.17, 15) is 19.2 Å². The number of ether oxygens (including phenoxy) is 1. The number of thioether (sulfide) groups is 1. The minimum atomic E-state index is -0.953. The fourth-order valence-corrected chi connectivity index (χ4v) is 5.03. The van der Waals surface area contributed by atoms with Crippen molar-refractivity contribution in [2.45, 2.75) is 44.4 Å². The number of ketones is 1. The molecule has 0 aliphatic rings. The van der Waals surface area contributed by atoms with E-state index < -0.39 is 29.5 Å². The summed E-state index contributed by atoms with van der Waals surface area (Å²) in [5.41, 5.74) is 6.90. The van der Waals surface area contributed by atoms with E-state index in [1.54, 1.807) is 35.9 Å². The molecular formula is C29H32N6O5S. The van der Waals surface area contributed by atoms with Gasteiger partial charge in [0.1, 0.15) is 17.9 Å². The molecule has 0 radical (unpaired) electrons. The van der Waals surface area contributed by atoms with Crippen LogP contribution in [0.15, 0.2) is 69.3 Å². The zero-order chi connectivity index (χ0) is 29.9. The Labute approximate surface area is 241 Å². The summed E-state index contributed by atoms with van der Waals surface area (Å²) in [5, 5.41) is 8.97. The molecular weight excluding hydrogens is 544 g/mol. The van der Waals surface area contributed by atoms with E-state index in [0.717, 1.165) is 34.6 Å².